The number of carbonyl (C=O) groups is 2. The van der Waals surface area contributed by atoms with Gasteiger partial charge in [0.1, 0.15) is 6.61 Å². The number of benzene rings is 1. The molecule has 2 N–H and O–H groups in total. The van der Waals surface area contributed by atoms with Crippen LogP contribution in [0.15, 0.2) is 18.2 Å². The van der Waals surface area contributed by atoms with E-state index in [1.807, 2.05) is 19.1 Å². The van der Waals surface area contributed by atoms with Crippen molar-refractivity contribution in [2.75, 3.05) is 56.8 Å². The number of anilines is 2. The van der Waals surface area contributed by atoms with Gasteiger partial charge in [0.2, 0.25) is 5.91 Å². The van der Waals surface area contributed by atoms with Gasteiger partial charge in [-0.3, -0.25) is 9.59 Å². The largest absolute Gasteiger partial charge is 0.382 e. The minimum atomic E-state index is -0.246. The van der Waals surface area contributed by atoms with E-state index in [-0.39, 0.29) is 18.4 Å². The molecule has 2 rings (SSSR count). The third-order valence-corrected chi connectivity index (χ3v) is 4.20. The Morgan fingerprint density at radius 3 is 2.69 bits per heavy atom. The molecule has 144 valence electrons. The Morgan fingerprint density at radius 1 is 1.23 bits per heavy atom. The topological polar surface area (TPSA) is 79.9 Å². The van der Waals surface area contributed by atoms with Crippen LogP contribution in [0.4, 0.5) is 11.4 Å². The van der Waals surface area contributed by atoms with E-state index in [0.29, 0.717) is 31.0 Å². The molecule has 2 amide bonds. The van der Waals surface area contributed by atoms with Crippen molar-refractivity contribution in [2.45, 2.75) is 26.2 Å². The Bertz CT molecular complexity index is 600. The highest BCUT2D eigenvalue weighted by atomic mass is 16.5. The van der Waals surface area contributed by atoms with Crippen molar-refractivity contribution in [3.63, 3.8) is 0 Å². The number of hydrogen-bond donors (Lipinski definition) is 2. The average molecular weight is 363 g/mol. The second-order valence-corrected chi connectivity index (χ2v) is 6.21. The number of methoxy groups -OCH3 is 1. The molecule has 1 aromatic rings. The van der Waals surface area contributed by atoms with Gasteiger partial charge < -0.3 is 25.0 Å². The number of nitrogens with one attached hydrogen (secondary N) is 2. The molecular weight excluding hydrogens is 334 g/mol. The molecule has 7 nitrogen and oxygen atoms in total. The number of ether oxygens (including phenoxy) is 2. The van der Waals surface area contributed by atoms with Crippen LogP contribution in [0.3, 0.4) is 0 Å². The highest BCUT2D eigenvalue weighted by Crippen LogP contribution is 2.27. The molecule has 1 aliphatic rings. The number of hydrogen-bond acceptors (Lipinski definition) is 5. The molecule has 0 atom stereocenters. The third-order valence-electron chi connectivity index (χ3n) is 4.20. The van der Waals surface area contributed by atoms with E-state index in [1.165, 1.54) is 7.11 Å². The smallest absolute Gasteiger partial charge is 0.253 e. The minimum absolute atomic E-state index is 0.0210. The fourth-order valence-electron chi connectivity index (χ4n) is 2.97. The third kappa shape index (κ3) is 6.00. The first-order valence-corrected chi connectivity index (χ1v) is 9.19. The quantitative estimate of drug-likeness (QED) is 0.622. The monoisotopic (exact) mass is 363 g/mol. The summed E-state index contributed by atoms with van der Waals surface area (Å²) in [4.78, 5) is 26.7. The lowest BCUT2D eigenvalue weighted by molar-refractivity contribution is -0.119. The van der Waals surface area contributed by atoms with Crippen molar-refractivity contribution in [3.8, 4) is 0 Å². The molecule has 0 radical (unpaired) electrons. The van der Waals surface area contributed by atoms with Gasteiger partial charge in [-0.05, 0) is 44.4 Å². The molecule has 1 heterocycles. The van der Waals surface area contributed by atoms with E-state index in [1.54, 1.807) is 6.07 Å². The highest BCUT2D eigenvalue weighted by Gasteiger charge is 2.20. The van der Waals surface area contributed by atoms with Crippen LogP contribution in [0, 0.1) is 0 Å². The standard InChI is InChI=1S/C19H29N3O4/c1-3-26-12-6-9-20-19(24)16-13-15(21-18(23)14-25-2)7-8-17(16)22-10-4-5-11-22/h7-8,13H,3-6,9-12,14H2,1-2H3,(H,20,24)(H,21,23). The summed E-state index contributed by atoms with van der Waals surface area (Å²) in [6.45, 7) is 5.68. The van der Waals surface area contributed by atoms with Crippen molar-refractivity contribution in [3.05, 3.63) is 23.8 Å². The van der Waals surface area contributed by atoms with Crippen LogP contribution in [0.25, 0.3) is 0 Å². The van der Waals surface area contributed by atoms with Gasteiger partial charge in [0, 0.05) is 51.3 Å². The van der Waals surface area contributed by atoms with Gasteiger partial charge in [0.25, 0.3) is 5.91 Å². The number of rotatable bonds is 10. The normalized spacial score (nSPS) is 13.7. The van der Waals surface area contributed by atoms with E-state index in [2.05, 4.69) is 15.5 Å². The summed E-state index contributed by atoms with van der Waals surface area (Å²) >= 11 is 0. The van der Waals surface area contributed by atoms with E-state index in [4.69, 9.17) is 9.47 Å². The van der Waals surface area contributed by atoms with Gasteiger partial charge in [-0.2, -0.15) is 0 Å². The Hall–Kier alpha value is -2.12. The van der Waals surface area contributed by atoms with Crippen molar-refractivity contribution in [1.29, 1.82) is 0 Å². The molecule has 0 bridgehead atoms. The Labute approximate surface area is 155 Å². The van der Waals surface area contributed by atoms with Crippen LogP contribution < -0.4 is 15.5 Å². The molecule has 0 unspecified atom stereocenters. The van der Waals surface area contributed by atoms with E-state index >= 15 is 0 Å². The molecule has 0 spiro atoms. The fraction of sp³-hybridized carbons (Fsp3) is 0.579. The van der Waals surface area contributed by atoms with Crippen LogP contribution in [0.2, 0.25) is 0 Å². The maximum absolute atomic E-state index is 12.7. The highest BCUT2D eigenvalue weighted by molar-refractivity contribution is 6.02. The van der Waals surface area contributed by atoms with Gasteiger partial charge in [-0.15, -0.1) is 0 Å². The first-order valence-electron chi connectivity index (χ1n) is 9.19. The van der Waals surface area contributed by atoms with Crippen molar-refractivity contribution < 1.29 is 19.1 Å². The summed E-state index contributed by atoms with van der Waals surface area (Å²) < 4.78 is 10.1. The first kappa shape index (κ1) is 20.2. The van der Waals surface area contributed by atoms with Gasteiger partial charge in [-0.25, -0.2) is 0 Å². The van der Waals surface area contributed by atoms with Crippen LogP contribution in [-0.2, 0) is 14.3 Å². The second kappa shape index (κ2) is 10.8. The molecular formula is C19H29N3O4. The van der Waals surface area contributed by atoms with E-state index < -0.39 is 0 Å². The molecule has 26 heavy (non-hydrogen) atoms. The summed E-state index contributed by atoms with van der Waals surface area (Å²) in [6.07, 6.45) is 3.02. The average Bonchev–Trinajstić information content (AvgIpc) is 3.16. The first-order chi connectivity index (χ1) is 12.7. The molecule has 1 aliphatic heterocycles. The zero-order chi connectivity index (χ0) is 18.8. The number of carbonyl (C=O) groups excluding carboxylic acids is 2. The lowest BCUT2D eigenvalue weighted by Crippen LogP contribution is -2.29. The number of amides is 2. The predicted octanol–water partition coefficient (Wildman–Crippen LogP) is 2.03. The van der Waals surface area contributed by atoms with Crippen LogP contribution in [0.1, 0.15) is 36.5 Å². The zero-order valence-electron chi connectivity index (χ0n) is 15.7. The van der Waals surface area contributed by atoms with Gasteiger partial charge in [0.05, 0.1) is 5.56 Å². The molecule has 1 aromatic carbocycles. The minimum Gasteiger partial charge on any atom is -0.382 e. The number of nitrogens with zero attached hydrogens (tertiary/aromatic N) is 1. The maximum atomic E-state index is 12.7. The predicted molar refractivity (Wildman–Crippen MR) is 102 cm³/mol. The molecule has 0 aliphatic carbocycles. The molecule has 7 heteroatoms. The Kier molecular flexibility index (Phi) is 8.37. The molecule has 1 fully saturated rings. The maximum Gasteiger partial charge on any atom is 0.253 e. The summed E-state index contributed by atoms with van der Waals surface area (Å²) in [5.74, 6) is -0.379. The lowest BCUT2D eigenvalue weighted by atomic mass is 10.1. The van der Waals surface area contributed by atoms with Crippen molar-refractivity contribution >= 4 is 23.2 Å². The van der Waals surface area contributed by atoms with Crippen molar-refractivity contribution in [2.24, 2.45) is 0 Å². The summed E-state index contributed by atoms with van der Waals surface area (Å²) in [6, 6.07) is 5.47. The molecule has 0 aromatic heterocycles. The summed E-state index contributed by atoms with van der Waals surface area (Å²) in [7, 11) is 1.47. The zero-order valence-corrected chi connectivity index (χ0v) is 15.7. The van der Waals surface area contributed by atoms with E-state index in [0.717, 1.165) is 38.0 Å². The molecule has 0 saturated carbocycles. The Balaban J connectivity index is 2.10. The van der Waals surface area contributed by atoms with Gasteiger partial charge >= 0.3 is 0 Å². The van der Waals surface area contributed by atoms with Crippen LogP contribution in [0.5, 0.6) is 0 Å². The van der Waals surface area contributed by atoms with Crippen molar-refractivity contribution in [1.82, 2.24) is 5.32 Å². The van der Waals surface area contributed by atoms with Crippen LogP contribution >= 0.6 is 0 Å². The van der Waals surface area contributed by atoms with Gasteiger partial charge in [-0.1, -0.05) is 0 Å². The SMILES string of the molecule is CCOCCCNC(=O)c1cc(NC(=O)COC)ccc1N1CCCC1. The van der Waals surface area contributed by atoms with Gasteiger partial charge in [0.15, 0.2) is 0 Å². The van der Waals surface area contributed by atoms with E-state index in [9.17, 15) is 9.59 Å². The summed E-state index contributed by atoms with van der Waals surface area (Å²) in [5.41, 5.74) is 2.09. The van der Waals surface area contributed by atoms with Crippen LogP contribution in [-0.4, -0.2) is 58.4 Å². The second-order valence-electron chi connectivity index (χ2n) is 6.21. The lowest BCUT2D eigenvalue weighted by Gasteiger charge is -2.22. The Morgan fingerprint density at radius 2 is 2.00 bits per heavy atom. The summed E-state index contributed by atoms with van der Waals surface area (Å²) in [5, 5.41) is 5.70. The molecule has 1 saturated heterocycles. The fourth-order valence-corrected chi connectivity index (χ4v) is 2.97.